The van der Waals surface area contributed by atoms with Crippen molar-refractivity contribution in [2.75, 3.05) is 6.61 Å². The number of rotatable bonds is 4. The molecule has 86 valence electrons. The molecule has 1 aromatic carbocycles. The van der Waals surface area contributed by atoms with Crippen molar-refractivity contribution in [1.82, 2.24) is 0 Å². The zero-order valence-electron chi connectivity index (χ0n) is 8.34. The minimum atomic E-state index is -1.33. The van der Waals surface area contributed by atoms with Crippen molar-refractivity contribution in [3.63, 3.8) is 0 Å². The summed E-state index contributed by atoms with van der Waals surface area (Å²) in [7, 11) is 0. The Kier molecular flexibility index (Phi) is 3.29. The van der Waals surface area contributed by atoms with Gasteiger partial charge in [0.15, 0.2) is 5.75 Å². The van der Waals surface area contributed by atoms with E-state index in [1.807, 2.05) is 0 Å². The van der Waals surface area contributed by atoms with E-state index in [2.05, 4.69) is 0 Å². The Labute approximate surface area is 90.0 Å². The molecule has 0 fully saturated rings. The fraction of sp³-hybridized carbons (Fsp3) is 0.222. The van der Waals surface area contributed by atoms with Crippen LogP contribution in [0.2, 0.25) is 0 Å². The summed E-state index contributed by atoms with van der Waals surface area (Å²) in [5.74, 6) is -2.21. The molecule has 0 amide bonds. The molecule has 0 aliphatic heterocycles. The van der Waals surface area contributed by atoms with Gasteiger partial charge in [-0.25, -0.2) is 4.79 Å². The quantitative estimate of drug-likeness (QED) is 0.594. The number of nitrogens with zero attached hydrogens (tertiary/aromatic N) is 1. The Morgan fingerprint density at radius 2 is 2.19 bits per heavy atom. The zero-order chi connectivity index (χ0) is 12.3. The van der Waals surface area contributed by atoms with Gasteiger partial charge in [0.1, 0.15) is 0 Å². The van der Waals surface area contributed by atoms with E-state index in [9.17, 15) is 20.0 Å². The monoisotopic (exact) mass is 227 g/mol. The second-order valence-electron chi connectivity index (χ2n) is 2.84. The van der Waals surface area contributed by atoms with Gasteiger partial charge >= 0.3 is 11.7 Å². The standard InChI is InChI=1S/C9H9NO6/c1-2-16-7-4-5(9(12)13)3-6(8(7)11)10(14)15/h3-4,11H,2H2,1H3,(H,12,13). The van der Waals surface area contributed by atoms with Crippen LogP contribution in [0.5, 0.6) is 11.5 Å². The maximum Gasteiger partial charge on any atom is 0.336 e. The first-order valence-electron chi connectivity index (χ1n) is 4.34. The van der Waals surface area contributed by atoms with Crippen molar-refractivity contribution >= 4 is 11.7 Å². The number of phenols is 1. The van der Waals surface area contributed by atoms with Gasteiger partial charge in [-0.05, 0) is 13.0 Å². The number of benzene rings is 1. The highest BCUT2D eigenvalue weighted by Crippen LogP contribution is 2.37. The molecule has 7 heteroatoms. The van der Waals surface area contributed by atoms with Crippen molar-refractivity contribution in [2.24, 2.45) is 0 Å². The van der Waals surface area contributed by atoms with Gasteiger partial charge in [0.25, 0.3) is 0 Å². The summed E-state index contributed by atoms with van der Waals surface area (Å²) in [6, 6.07) is 1.81. The predicted molar refractivity (Wildman–Crippen MR) is 52.9 cm³/mol. The second kappa shape index (κ2) is 4.47. The average molecular weight is 227 g/mol. The summed E-state index contributed by atoms with van der Waals surface area (Å²) in [5, 5.41) is 28.7. The number of carboxylic acids is 1. The molecule has 0 radical (unpaired) electrons. The van der Waals surface area contributed by atoms with Crippen LogP contribution in [0.15, 0.2) is 12.1 Å². The zero-order valence-corrected chi connectivity index (χ0v) is 8.34. The summed E-state index contributed by atoms with van der Waals surface area (Å²) in [6.07, 6.45) is 0. The van der Waals surface area contributed by atoms with Crippen LogP contribution in [0.25, 0.3) is 0 Å². The maximum absolute atomic E-state index is 10.7. The molecule has 0 bridgehead atoms. The van der Waals surface area contributed by atoms with Crippen LogP contribution in [0.1, 0.15) is 17.3 Å². The summed E-state index contributed by atoms with van der Waals surface area (Å²) < 4.78 is 4.90. The van der Waals surface area contributed by atoms with E-state index < -0.39 is 22.3 Å². The molecule has 7 nitrogen and oxygen atoms in total. The minimum absolute atomic E-state index is 0.161. The Balaban J connectivity index is 3.38. The van der Waals surface area contributed by atoms with Gasteiger partial charge in [-0.15, -0.1) is 0 Å². The smallest absolute Gasteiger partial charge is 0.336 e. The molecule has 0 saturated carbocycles. The number of aromatic carboxylic acids is 1. The van der Waals surface area contributed by atoms with E-state index in [0.717, 1.165) is 12.1 Å². The molecule has 0 aromatic heterocycles. The van der Waals surface area contributed by atoms with Crippen molar-refractivity contribution in [3.05, 3.63) is 27.8 Å². The fourth-order valence-electron chi connectivity index (χ4n) is 1.12. The molecule has 0 heterocycles. The molecule has 0 aliphatic rings. The van der Waals surface area contributed by atoms with Crippen LogP contribution in [0, 0.1) is 10.1 Å². The van der Waals surface area contributed by atoms with Gasteiger partial charge in [0, 0.05) is 6.07 Å². The van der Waals surface area contributed by atoms with Crippen LogP contribution >= 0.6 is 0 Å². The predicted octanol–water partition coefficient (Wildman–Crippen LogP) is 1.40. The number of phenolic OH excluding ortho intramolecular Hbond substituents is 1. The largest absolute Gasteiger partial charge is 0.500 e. The first kappa shape index (κ1) is 11.8. The molecule has 0 spiro atoms. The minimum Gasteiger partial charge on any atom is -0.500 e. The number of carboxylic acid groups (broad SMARTS) is 1. The van der Waals surface area contributed by atoms with Gasteiger partial charge in [-0.2, -0.15) is 0 Å². The highest BCUT2D eigenvalue weighted by molar-refractivity contribution is 5.90. The number of hydrogen-bond donors (Lipinski definition) is 2. The van der Waals surface area contributed by atoms with Crippen molar-refractivity contribution in [1.29, 1.82) is 0 Å². The van der Waals surface area contributed by atoms with E-state index in [1.165, 1.54) is 0 Å². The van der Waals surface area contributed by atoms with Gasteiger partial charge in [-0.3, -0.25) is 10.1 Å². The van der Waals surface area contributed by atoms with Gasteiger partial charge in [0.05, 0.1) is 17.1 Å². The highest BCUT2D eigenvalue weighted by atomic mass is 16.6. The summed E-state index contributed by atoms with van der Waals surface area (Å²) in [6.45, 7) is 1.77. The number of ether oxygens (including phenoxy) is 1. The van der Waals surface area contributed by atoms with Crippen LogP contribution < -0.4 is 4.74 Å². The summed E-state index contributed by atoms with van der Waals surface area (Å²) in [5.41, 5.74) is -1.00. The van der Waals surface area contributed by atoms with E-state index in [1.54, 1.807) is 6.92 Å². The average Bonchev–Trinajstić information content (AvgIpc) is 2.20. The lowest BCUT2D eigenvalue weighted by Crippen LogP contribution is -2.01. The number of nitro groups is 1. The Bertz CT molecular complexity index is 442. The topological polar surface area (TPSA) is 110 Å². The van der Waals surface area contributed by atoms with Crippen LogP contribution in [0.3, 0.4) is 0 Å². The molecule has 0 aliphatic carbocycles. The van der Waals surface area contributed by atoms with Gasteiger partial charge < -0.3 is 14.9 Å². The second-order valence-corrected chi connectivity index (χ2v) is 2.84. The molecule has 1 rings (SSSR count). The third kappa shape index (κ3) is 2.19. The molecule has 2 N–H and O–H groups in total. The van der Waals surface area contributed by atoms with Crippen molar-refractivity contribution < 1.29 is 24.7 Å². The molecule has 16 heavy (non-hydrogen) atoms. The van der Waals surface area contributed by atoms with Crippen molar-refractivity contribution in [2.45, 2.75) is 6.92 Å². The lowest BCUT2D eigenvalue weighted by molar-refractivity contribution is -0.386. The Morgan fingerprint density at radius 3 is 2.62 bits per heavy atom. The van der Waals surface area contributed by atoms with Gasteiger partial charge in [-0.1, -0.05) is 0 Å². The molecular weight excluding hydrogens is 218 g/mol. The number of hydrogen-bond acceptors (Lipinski definition) is 5. The van der Waals surface area contributed by atoms with Gasteiger partial charge in [0.2, 0.25) is 5.75 Å². The third-order valence-corrected chi connectivity index (χ3v) is 1.80. The molecule has 0 unspecified atom stereocenters. The number of aromatic hydroxyl groups is 1. The van der Waals surface area contributed by atoms with Crippen LogP contribution in [0.4, 0.5) is 5.69 Å². The van der Waals surface area contributed by atoms with Crippen LogP contribution in [-0.4, -0.2) is 27.7 Å². The summed E-state index contributed by atoms with van der Waals surface area (Å²) in [4.78, 5) is 20.4. The van der Waals surface area contributed by atoms with E-state index >= 15 is 0 Å². The third-order valence-electron chi connectivity index (χ3n) is 1.80. The van der Waals surface area contributed by atoms with E-state index in [0.29, 0.717) is 0 Å². The molecule has 0 saturated heterocycles. The van der Waals surface area contributed by atoms with E-state index in [-0.39, 0.29) is 17.9 Å². The molecular formula is C9H9NO6. The van der Waals surface area contributed by atoms with Crippen LogP contribution in [-0.2, 0) is 0 Å². The first-order chi connectivity index (χ1) is 7.47. The Hall–Kier alpha value is -2.31. The Morgan fingerprint density at radius 1 is 1.56 bits per heavy atom. The fourth-order valence-corrected chi connectivity index (χ4v) is 1.12. The lowest BCUT2D eigenvalue weighted by Gasteiger charge is -2.06. The number of carbonyl (C=O) groups is 1. The number of nitro benzene ring substituents is 1. The summed E-state index contributed by atoms with van der Waals surface area (Å²) >= 11 is 0. The molecule has 0 atom stereocenters. The van der Waals surface area contributed by atoms with E-state index in [4.69, 9.17) is 9.84 Å². The normalized spacial score (nSPS) is 9.81. The SMILES string of the molecule is CCOc1cc(C(=O)O)cc([N+](=O)[O-])c1O. The van der Waals surface area contributed by atoms with Crippen molar-refractivity contribution in [3.8, 4) is 11.5 Å². The first-order valence-corrected chi connectivity index (χ1v) is 4.34. The lowest BCUT2D eigenvalue weighted by atomic mass is 10.1. The highest BCUT2D eigenvalue weighted by Gasteiger charge is 2.22. The molecule has 1 aromatic rings. The maximum atomic E-state index is 10.7.